The maximum Gasteiger partial charge on any atom is 0.221 e. The normalized spacial score (nSPS) is 10.8. The quantitative estimate of drug-likeness (QED) is 0.791. The largest absolute Gasteiger partial charge is 0.367 e. The van der Waals surface area contributed by atoms with Crippen LogP contribution in [-0.4, -0.2) is 17.4 Å². The summed E-state index contributed by atoms with van der Waals surface area (Å²) >= 11 is 0. The molecule has 0 aliphatic heterocycles. The number of carbonyl (C=O) groups is 1. The molecule has 0 aliphatic carbocycles. The molecule has 0 unspecified atom stereocenters. The van der Waals surface area contributed by atoms with Crippen molar-refractivity contribution in [1.29, 1.82) is 5.26 Å². The van der Waals surface area contributed by atoms with Gasteiger partial charge in [0.2, 0.25) is 5.91 Å². The molecule has 0 radical (unpaired) electrons. The van der Waals surface area contributed by atoms with Crippen LogP contribution in [0.2, 0.25) is 0 Å². The van der Waals surface area contributed by atoms with Gasteiger partial charge in [0.25, 0.3) is 0 Å². The second-order valence-corrected chi connectivity index (χ2v) is 4.42. The molecule has 2 N–H and O–H groups in total. The first-order valence-corrected chi connectivity index (χ1v) is 5.33. The van der Waals surface area contributed by atoms with Crippen molar-refractivity contribution < 1.29 is 4.79 Å². The van der Waals surface area contributed by atoms with Gasteiger partial charge >= 0.3 is 0 Å². The Morgan fingerprint density at radius 1 is 1.62 bits per heavy atom. The lowest BCUT2D eigenvalue weighted by atomic mass is 9.86. The van der Waals surface area contributed by atoms with E-state index in [2.05, 4.69) is 24.1 Å². The second-order valence-electron chi connectivity index (χ2n) is 4.42. The van der Waals surface area contributed by atoms with Crippen molar-refractivity contribution >= 4 is 5.91 Å². The molecule has 0 atom stereocenters. The third kappa shape index (κ3) is 3.43. The highest BCUT2D eigenvalue weighted by molar-refractivity contribution is 5.76. The number of rotatable bonds is 5. The molecular formula is C12H17N3O. The summed E-state index contributed by atoms with van der Waals surface area (Å²) in [6.07, 6.45) is 4.35. The van der Waals surface area contributed by atoms with Gasteiger partial charge in [-0.1, -0.05) is 13.8 Å². The van der Waals surface area contributed by atoms with Crippen LogP contribution in [0.5, 0.6) is 0 Å². The molecule has 1 rings (SSSR count). The van der Waals surface area contributed by atoms with Gasteiger partial charge in [0.15, 0.2) is 0 Å². The monoisotopic (exact) mass is 219 g/mol. The smallest absolute Gasteiger partial charge is 0.221 e. The Morgan fingerprint density at radius 2 is 2.38 bits per heavy atom. The van der Waals surface area contributed by atoms with Crippen molar-refractivity contribution in [3.05, 3.63) is 24.0 Å². The summed E-state index contributed by atoms with van der Waals surface area (Å²) in [4.78, 5) is 14.4. The molecule has 1 aromatic rings. The molecular weight excluding hydrogens is 202 g/mol. The van der Waals surface area contributed by atoms with Gasteiger partial charge in [0.1, 0.15) is 0 Å². The van der Waals surface area contributed by atoms with Crippen molar-refractivity contribution in [2.75, 3.05) is 6.54 Å². The molecule has 0 aliphatic rings. The van der Waals surface area contributed by atoms with Crippen LogP contribution in [0.4, 0.5) is 0 Å². The topological polar surface area (TPSA) is 68.7 Å². The van der Waals surface area contributed by atoms with E-state index in [4.69, 9.17) is 5.26 Å². The summed E-state index contributed by atoms with van der Waals surface area (Å²) in [6.45, 7) is 4.72. The Balaban J connectivity index is 2.43. The Labute approximate surface area is 95.7 Å². The predicted octanol–water partition coefficient (Wildman–Crippen LogP) is 1.71. The van der Waals surface area contributed by atoms with E-state index >= 15 is 0 Å². The number of aromatic amines is 1. The van der Waals surface area contributed by atoms with Crippen LogP contribution >= 0.6 is 0 Å². The highest BCUT2D eigenvalue weighted by Gasteiger charge is 2.21. The Hall–Kier alpha value is -1.76. The van der Waals surface area contributed by atoms with E-state index in [0.29, 0.717) is 6.54 Å². The highest BCUT2D eigenvalue weighted by Crippen LogP contribution is 2.21. The average Bonchev–Trinajstić information content (AvgIpc) is 2.77. The minimum Gasteiger partial charge on any atom is -0.367 e. The second kappa shape index (κ2) is 5.36. The first kappa shape index (κ1) is 12.3. The molecule has 4 heteroatoms. The standard InChI is InChI=1S/C12H17N3O/c1-12(2,10-5-7-14-8-10)9-15-11(16)4-3-6-13/h5,7-8,14H,3-4,9H2,1-2H3,(H,15,16). The number of nitrogens with zero attached hydrogens (tertiary/aromatic N) is 1. The first-order valence-electron chi connectivity index (χ1n) is 5.33. The number of H-pyrrole nitrogens is 1. The number of nitrogens with one attached hydrogen (secondary N) is 2. The van der Waals surface area contributed by atoms with Gasteiger partial charge in [-0.3, -0.25) is 4.79 Å². The molecule has 0 saturated carbocycles. The summed E-state index contributed by atoms with van der Waals surface area (Å²) < 4.78 is 0. The third-order valence-electron chi connectivity index (χ3n) is 2.57. The molecule has 4 nitrogen and oxygen atoms in total. The number of amides is 1. The Morgan fingerprint density at radius 3 is 2.94 bits per heavy atom. The number of hydrogen-bond acceptors (Lipinski definition) is 2. The lowest BCUT2D eigenvalue weighted by Gasteiger charge is -2.23. The summed E-state index contributed by atoms with van der Waals surface area (Å²) in [5.41, 5.74) is 1.07. The average molecular weight is 219 g/mol. The zero-order valence-electron chi connectivity index (χ0n) is 9.71. The van der Waals surface area contributed by atoms with Crippen molar-refractivity contribution in [3.63, 3.8) is 0 Å². The fourth-order valence-electron chi connectivity index (χ4n) is 1.42. The maximum atomic E-state index is 11.3. The van der Waals surface area contributed by atoms with Gasteiger partial charge < -0.3 is 10.3 Å². The number of hydrogen-bond donors (Lipinski definition) is 2. The minimum atomic E-state index is -0.0949. The van der Waals surface area contributed by atoms with Crippen LogP contribution in [-0.2, 0) is 10.2 Å². The number of carbonyl (C=O) groups excluding carboxylic acids is 1. The molecule has 0 fully saturated rings. The van der Waals surface area contributed by atoms with Crippen molar-refractivity contribution in [3.8, 4) is 6.07 Å². The van der Waals surface area contributed by atoms with Crippen LogP contribution in [0.1, 0.15) is 32.3 Å². The van der Waals surface area contributed by atoms with Crippen molar-refractivity contribution in [2.45, 2.75) is 32.1 Å². The van der Waals surface area contributed by atoms with Gasteiger partial charge in [-0.05, 0) is 11.6 Å². The van der Waals surface area contributed by atoms with E-state index in [-0.39, 0.29) is 24.2 Å². The Bertz CT molecular complexity index is 373. The zero-order chi connectivity index (χ0) is 12.0. The third-order valence-corrected chi connectivity index (χ3v) is 2.57. The molecule has 1 aromatic heterocycles. The van der Waals surface area contributed by atoms with Crippen LogP contribution in [0.3, 0.4) is 0 Å². The number of nitriles is 1. The first-order chi connectivity index (χ1) is 7.56. The Kier molecular flexibility index (Phi) is 4.12. The molecule has 1 heterocycles. The van der Waals surface area contributed by atoms with E-state index in [1.54, 1.807) is 0 Å². The van der Waals surface area contributed by atoms with Gasteiger partial charge in [-0.25, -0.2) is 0 Å². The summed E-state index contributed by atoms with van der Waals surface area (Å²) in [6, 6.07) is 3.96. The van der Waals surface area contributed by atoms with Gasteiger partial charge in [-0.15, -0.1) is 0 Å². The van der Waals surface area contributed by atoms with E-state index < -0.39 is 0 Å². The summed E-state index contributed by atoms with van der Waals surface area (Å²) in [5, 5.41) is 11.2. The lowest BCUT2D eigenvalue weighted by molar-refractivity contribution is -0.121. The maximum absolute atomic E-state index is 11.3. The predicted molar refractivity (Wildman–Crippen MR) is 61.7 cm³/mol. The van der Waals surface area contributed by atoms with Crippen LogP contribution in [0.25, 0.3) is 0 Å². The molecule has 0 bridgehead atoms. The fraction of sp³-hybridized carbons (Fsp3) is 0.500. The molecule has 16 heavy (non-hydrogen) atoms. The van der Waals surface area contributed by atoms with Gasteiger partial charge in [0.05, 0.1) is 6.07 Å². The van der Waals surface area contributed by atoms with Gasteiger partial charge in [0, 0.05) is 37.2 Å². The highest BCUT2D eigenvalue weighted by atomic mass is 16.1. The van der Waals surface area contributed by atoms with Crippen LogP contribution in [0.15, 0.2) is 18.5 Å². The van der Waals surface area contributed by atoms with E-state index in [0.717, 1.165) is 5.56 Å². The summed E-state index contributed by atoms with van der Waals surface area (Å²) in [7, 11) is 0. The van der Waals surface area contributed by atoms with Gasteiger partial charge in [-0.2, -0.15) is 5.26 Å². The molecule has 0 aromatic carbocycles. The fourth-order valence-corrected chi connectivity index (χ4v) is 1.42. The van der Waals surface area contributed by atoms with Crippen molar-refractivity contribution in [2.24, 2.45) is 0 Å². The van der Waals surface area contributed by atoms with Crippen LogP contribution < -0.4 is 5.32 Å². The molecule has 0 saturated heterocycles. The van der Waals surface area contributed by atoms with E-state index in [1.165, 1.54) is 0 Å². The van der Waals surface area contributed by atoms with E-state index in [9.17, 15) is 4.79 Å². The van der Waals surface area contributed by atoms with Crippen LogP contribution in [0, 0.1) is 11.3 Å². The lowest BCUT2D eigenvalue weighted by Crippen LogP contribution is -2.36. The molecule has 1 amide bonds. The van der Waals surface area contributed by atoms with E-state index in [1.807, 2.05) is 24.5 Å². The number of aromatic nitrogens is 1. The SMILES string of the molecule is CC(C)(CNC(=O)CCC#N)c1cc[nH]c1. The van der Waals surface area contributed by atoms with Crippen molar-refractivity contribution in [1.82, 2.24) is 10.3 Å². The summed E-state index contributed by atoms with van der Waals surface area (Å²) in [5.74, 6) is -0.0647. The molecule has 0 spiro atoms. The molecule has 86 valence electrons. The minimum absolute atomic E-state index is 0.0647. The zero-order valence-corrected chi connectivity index (χ0v) is 9.71.